The minimum atomic E-state index is -0.163. The van der Waals surface area contributed by atoms with Crippen LogP contribution in [0.5, 0.6) is 0 Å². The van der Waals surface area contributed by atoms with Crippen LogP contribution >= 0.6 is 0 Å². The lowest BCUT2D eigenvalue weighted by molar-refractivity contribution is 0.0980. The SMILES string of the molecule is Cn1ccc2c(NCCN)c3c(c(NCCN)c21)C(=O)c1ccccc1C3=O. The van der Waals surface area contributed by atoms with Gasteiger partial charge in [0, 0.05) is 55.9 Å². The Hall–Kier alpha value is -3.16. The fraction of sp³-hybridized carbons (Fsp3) is 0.238. The van der Waals surface area contributed by atoms with E-state index in [4.69, 9.17) is 11.5 Å². The molecule has 1 heterocycles. The standard InChI is InChI=1S/C21H23N5O2/c1-26-11-6-14-17(24-9-7-22)15-16(18(19(14)26)25-10-8-23)21(28)13-5-3-2-4-12(13)20(15)27/h2-6,11,24-25H,7-10,22-23H2,1H3. The van der Waals surface area contributed by atoms with Gasteiger partial charge >= 0.3 is 0 Å². The van der Waals surface area contributed by atoms with E-state index >= 15 is 0 Å². The second-order valence-corrected chi connectivity index (χ2v) is 6.82. The summed E-state index contributed by atoms with van der Waals surface area (Å²) in [6.07, 6.45) is 1.92. The molecule has 0 saturated carbocycles. The average Bonchev–Trinajstić information content (AvgIpc) is 3.10. The number of anilines is 2. The van der Waals surface area contributed by atoms with Gasteiger partial charge in [0.25, 0.3) is 0 Å². The molecule has 0 radical (unpaired) electrons. The average molecular weight is 377 g/mol. The van der Waals surface area contributed by atoms with Gasteiger partial charge in [-0.25, -0.2) is 0 Å². The Bertz CT molecular complexity index is 1100. The van der Waals surface area contributed by atoms with Crippen molar-refractivity contribution in [2.45, 2.75) is 0 Å². The van der Waals surface area contributed by atoms with Crippen LogP contribution in [0.4, 0.5) is 11.4 Å². The lowest BCUT2D eigenvalue weighted by atomic mass is 9.81. The van der Waals surface area contributed by atoms with Crippen LogP contribution in [0.15, 0.2) is 36.5 Å². The van der Waals surface area contributed by atoms with Gasteiger partial charge in [-0.15, -0.1) is 0 Å². The van der Waals surface area contributed by atoms with Gasteiger partial charge in [0.2, 0.25) is 0 Å². The van der Waals surface area contributed by atoms with Crippen LogP contribution in [0.25, 0.3) is 10.9 Å². The largest absolute Gasteiger partial charge is 0.383 e. The van der Waals surface area contributed by atoms with E-state index in [1.54, 1.807) is 24.3 Å². The number of ketones is 2. The molecular formula is C21H23N5O2. The smallest absolute Gasteiger partial charge is 0.196 e. The molecule has 0 aliphatic heterocycles. The number of rotatable bonds is 6. The Morgan fingerprint density at radius 1 is 0.857 bits per heavy atom. The minimum absolute atomic E-state index is 0.161. The highest BCUT2D eigenvalue weighted by Crippen LogP contribution is 2.43. The summed E-state index contributed by atoms with van der Waals surface area (Å²) < 4.78 is 1.94. The van der Waals surface area contributed by atoms with Crippen molar-refractivity contribution >= 4 is 33.8 Å². The van der Waals surface area contributed by atoms with Crippen molar-refractivity contribution in [3.05, 3.63) is 58.8 Å². The van der Waals surface area contributed by atoms with Crippen LogP contribution < -0.4 is 22.1 Å². The quantitative estimate of drug-likeness (QED) is 0.380. The molecule has 0 bridgehead atoms. The van der Waals surface area contributed by atoms with E-state index in [1.165, 1.54) is 0 Å². The first-order valence-electron chi connectivity index (χ1n) is 9.31. The van der Waals surface area contributed by atoms with Crippen molar-refractivity contribution in [3.63, 3.8) is 0 Å². The van der Waals surface area contributed by atoms with Gasteiger partial charge in [-0.2, -0.15) is 0 Å². The third-order valence-corrected chi connectivity index (χ3v) is 5.09. The fourth-order valence-electron chi connectivity index (χ4n) is 3.90. The number of nitrogens with one attached hydrogen (secondary N) is 2. The second-order valence-electron chi connectivity index (χ2n) is 6.82. The first-order chi connectivity index (χ1) is 13.6. The second kappa shape index (κ2) is 7.10. The number of nitrogens with zero attached hydrogens (tertiary/aromatic N) is 1. The molecule has 0 amide bonds. The normalized spacial score (nSPS) is 12.8. The summed E-state index contributed by atoms with van der Waals surface area (Å²) in [5.41, 5.74) is 15.2. The summed E-state index contributed by atoms with van der Waals surface area (Å²) in [5.74, 6) is -0.324. The molecule has 0 atom stereocenters. The molecule has 7 nitrogen and oxygen atoms in total. The number of aryl methyl sites for hydroxylation is 1. The molecule has 7 heteroatoms. The zero-order chi connectivity index (χ0) is 19.8. The predicted octanol–water partition coefficient (Wildman–Crippen LogP) is 1.69. The monoisotopic (exact) mass is 377 g/mol. The molecule has 1 aromatic heterocycles. The number of nitrogens with two attached hydrogens (primary N) is 2. The maximum atomic E-state index is 13.5. The topological polar surface area (TPSA) is 115 Å². The molecular weight excluding hydrogens is 354 g/mol. The van der Waals surface area contributed by atoms with Gasteiger partial charge in [-0.1, -0.05) is 24.3 Å². The molecule has 1 aliphatic rings. The zero-order valence-corrected chi connectivity index (χ0v) is 15.7. The highest BCUT2D eigenvalue weighted by molar-refractivity contribution is 6.35. The van der Waals surface area contributed by atoms with Crippen LogP contribution in [0.2, 0.25) is 0 Å². The van der Waals surface area contributed by atoms with Crippen molar-refractivity contribution in [1.82, 2.24) is 4.57 Å². The van der Waals surface area contributed by atoms with Crippen LogP contribution in [0.1, 0.15) is 31.8 Å². The summed E-state index contributed by atoms with van der Waals surface area (Å²) in [7, 11) is 1.91. The molecule has 144 valence electrons. The number of benzene rings is 2. The van der Waals surface area contributed by atoms with Gasteiger partial charge in [0.05, 0.1) is 28.0 Å². The maximum Gasteiger partial charge on any atom is 0.196 e. The van der Waals surface area contributed by atoms with Gasteiger partial charge in [0.1, 0.15) is 0 Å². The Morgan fingerprint density at radius 2 is 1.39 bits per heavy atom. The van der Waals surface area contributed by atoms with Crippen molar-refractivity contribution in [3.8, 4) is 0 Å². The highest BCUT2D eigenvalue weighted by Gasteiger charge is 2.36. The van der Waals surface area contributed by atoms with E-state index in [-0.39, 0.29) is 11.6 Å². The van der Waals surface area contributed by atoms with Crippen molar-refractivity contribution in [1.29, 1.82) is 0 Å². The number of carbonyl (C=O) groups excluding carboxylic acids is 2. The summed E-state index contributed by atoms with van der Waals surface area (Å²) in [4.78, 5) is 26.9. The number of fused-ring (bicyclic) bond motifs is 3. The van der Waals surface area contributed by atoms with E-state index in [2.05, 4.69) is 10.6 Å². The molecule has 6 N–H and O–H groups in total. The number of carbonyl (C=O) groups is 2. The molecule has 28 heavy (non-hydrogen) atoms. The summed E-state index contributed by atoms with van der Waals surface area (Å²) in [6, 6.07) is 8.90. The number of hydrogen-bond donors (Lipinski definition) is 4. The van der Waals surface area contributed by atoms with Gasteiger partial charge in [-0.05, 0) is 6.07 Å². The van der Waals surface area contributed by atoms with Gasteiger partial charge < -0.3 is 26.7 Å². The zero-order valence-electron chi connectivity index (χ0n) is 15.7. The van der Waals surface area contributed by atoms with E-state index in [9.17, 15) is 9.59 Å². The molecule has 1 aliphatic carbocycles. The first-order valence-corrected chi connectivity index (χ1v) is 9.31. The van der Waals surface area contributed by atoms with E-state index in [0.717, 1.165) is 10.9 Å². The van der Waals surface area contributed by atoms with Crippen LogP contribution in [0, 0.1) is 0 Å². The number of hydrogen-bond acceptors (Lipinski definition) is 6. The molecule has 0 saturated heterocycles. The Kier molecular flexibility index (Phi) is 4.62. The number of aromatic nitrogens is 1. The van der Waals surface area contributed by atoms with Crippen molar-refractivity contribution in [2.75, 3.05) is 36.8 Å². The van der Waals surface area contributed by atoms with Gasteiger partial charge in [0.15, 0.2) is 11.6 Å². The Morgan fingerprint density at radius 3 is 1.96 bits per heavy atom. The van der Waals surface area contributed by atoms with Gasteiger partial charge in [-0.3, -0.25) is 9.59 Å². The lowest BCUT2D eigenvalue weighted by Gasteiger charge is -2.25. The highest BCUT2D eigenvalue weighted by atomic mass is 16.1. The molecule has 2 aromatic carbocycles. The summed E-state index contributed by atoms with van der Waals surface area (Å²) >= 11 is 0. The molecule has 4 rings (SSSR count). The fourth-order valence-corrected chi connectivity index (χ4v) is 3.90. The van der Waals surface area contributed by atoms with E-state index < -0.39 is 0 Å². The first kappa shape index (κ1) is 18.2. The molecule has 0 fully saturated rings. The maximum absolute atomic E-state index is 13.5. The molecule has 0 unspecified atom stereocenters. The van der Waals surface area contributed by atoms with Crippen LogP contribution in [0.3, 0.4) is 0 Å². The Balaban J connectivity index is 2.10. The minimum Gasteiger partial charge on any atom is -0.383 e. The van der Waals surface area contributed by atoms with E-state index in [1.807, 2.05) is 23.9 Å². The predicted molar refractivity (Wildman–Crippen MR) is 111 cm³/mol. The van der Waals surface area contributed by atoms with Crippen molar-refractivity contribution in [2.24, 2.45) is 18.5 Å². The third kappa shape index (κ3) is 2.59. The molecule has 0 spiro atoms. The summed E-state index contributed by atoms with van der Waals surface area (Å²) in [5, 5.41) is 7.44. The van der Waals surface area contributed by atoms with Crippen molar-refractivity contribution < 1.29 is 9.59 Å². The molecule has 3 aromatic rings. The lowest BCUT2D eigenvalue weighted by Crippen LogP contribution is -2.26. The Labute approximate surface area is 162 Å². The van der Waals surface area contributed by atoms with Crippen LogP contribution in [-0.4, -0.2) is 42.3 Å². The van der Waals surface area contributed by atoms with Crippen LogP contribution in [-0.2, 0) is 7.05 Å². The third-order valence-electron chi connectivity index (χ3n) is 5.09. The summed E-state index contributed by atoms with van der Waals surface area (Å²) in [6.45, 7) is 1.81. The van der Waals surface area contributed by atoms with E-state index in [0.29, 0.717) is 59.8 Å².